The minimum atomic E-state index is -0.306. The summed E-state index contributed by atoms with van der Waals surface area (Å²) in [7, 11) is 0. The molecule has 0 aliphatic rings. The zero-order valence-electron chi connectivity index (χ0n) is 12.4. The van der Waals surface area contributed by atoms with Crippen molar-refractivity contribution in [1.29, 1.82) is 0 Å². The van der Waals surface area contributed by atoms with Gasteiger partial charge < -0.3 is 9.64 Å². The van der Waals surface area contributed by atoms with E-state index in [-0.39, 0.29) is 11.7 Å². The molecule has 112 valence electrons. The summed E-state index contributed by atoms with van der Waals surface area (Å²) in [6.45, 7) is 6.12. The van der Waals surface area contributed by atoms with Gasteiger partial charge in [-0.15, -0.1) is 0 Å². The third-order valence-electron chi connectivity index (χ3n) is 3.48. The third-order valence-corrected chi connectivity index (χ3v) is 3.48. The molecule has 1 amide bonds. The van der Waals surface area contributed by atoms with Crippen LogP contribution >= 0.6 is 0 Å². The van der Waals surface area contributed by atoms with Crippen molar-refractivity contribution >= 4 is 16.7 Å². The van der Waals surface area contributed by atoms with E-state index in [9.17, 15) is 9.18 Å². The van der Waals surface area contributed by atoms with Crippen LogP contribution < -0.4 is 0 Å². The summed E-state index contributed by atoms with van der Waals surface area (Å²) >= 11 is 0. The second-order valence-corrected chi connectivity index (χ2v) is 4.72. The molecule has 0 saturated heterocycles. The molecule has 3 nitrogen and oxygen atoms in total. The number of benzene rings is 2. The Morgan fingerprint density at radius 1 is 1.14 bits per heavy atom. The first-order valence-electron chi connectivity index (χ1n) is 7.23. The number of rotatable bonds is 6. The smallest absolute Gasteiger partial charge is 0.254 e. The van der Waals surface area contributed by atoms with Gasteiger partial charge in [0.05, 0.1) is 6.61 Å². The number of likely N-dealkylation sites (N-methyl/N-ethyl adjacent to an activating group) is 1. The van der Waals surface area contributed by atoms with Gasteiger partial charge in [-0.3, -0.25) is 4.79 Å². The molecule has 2 aromatic rings. The first kappa shape index (κ1) is 15.4. The highest BCUT2D eigenvalue weighted by atomic mass is 19.1. The number of ether oxygens (including phenoxy) is 1. The molecule has 0 saturated carbocycles. The van der Waals surface area contributed by atoms with Crippen molar-refractivity contribution in [2.75, 3.05) is 26.3 Å². The van der Waals surface area contributed by atoms with E-state index in [4.69, 9.17) is 4.74 Å². The van der Waals surface area contributed by atoms with Gasteiger partial charge in [0.25, 0.3) is 5.91 Å². The largest absolute Gasteiger partial charge is 0.380 e. The van der Waals surface area contributed by atoms with E-state index in [0.717, 1.165) is 0 Å². The number of amides is 1. The zero-order valence-corrected chi connectivity index (χ0v) is 12.4. The highest BCUT2D eigenvalue weighted by Gasteiger charge is 2.17. The van der Waals surface area contributed by atoms with Crippen molar-refractivity contribution < 1.29 is 13.9 Å². The monoisotopic (exact) mass is 289 g/mol. The van der Waals surface area contributed by atoms with Gasteiger partial charge in [0, 0.05) is 30.6 Å². The van der Waals surface area contributed by atoms with E-state index >= 15 is 0 Å². The van der Waals surface area contributed by atoms with Gasteiger partial charge in [-0.1, -0.05) is 24.3 Å². The third kappa shape index (κ3) is 3.39. The van der Waals surface area contributed by atoms with E-state index < -0.39 is 0 Å². The maximum absolute atomic E-state index is 13.8. The van der Waals surface area contributed by atoms with Crippen LogP contribution in [-0.4, -0.2) is 37.1 Å². The minimum Gasteiger partial charge on any atom is -0.380 e. The van der Waals surface area contributed by atoms with Crippen LogP contribution in [-0.2, 0) is 4.74 Å². The second kappa shape index (κ2) is 7.18. The van der Waals surface area contributed by atoms with Gasteiger partial charge in [-0.05, 0) is 31.4 Å². The van der Waals surface area contributed by atoms with Gasteiger partial charge in [0.15, 0.2) is 0 Å². The van der Waals surface area contributed by atoms with Gasteiger partial charge in [0.1, 0.15) is 5.82 Å². The Hall–Kier alpha value is -1.94. The lowest BCUT2D eigenvalue weighted by Crippen LogP contribution is -2.34. The number of halogens is 1. The maximum Gasteiger partial charge on any atom is 0.254 e. The molecule has 21 heavy (non-hydrogen) atoms. The van der Waals surface area contributed by atoms with Crippen molar-refractivity contribution in [2.24, 2.45) is 0 Å². The predicted octanol–water partition coefficient (Wildman–Crippen LogP) is 3.48. The van der Waals surface area contributed by atoms with E-state index in [1.807, 2.05) is 19.9 Å². The topological polar surface area (TPSA) is 29.5 Å². The SMILES string of the molecule is CCOCCN(CC)C(=O)c1ccc(F)c2ccccc12. The zero-order chi connectivity index (χ0) is 15.2. The Bertz CT molecular complexity index is 627. The molecule has 2 aromatic carbocycles. The lowest BCUT2D eigenvalue weighted by molar-refractivity contribution is 0.0671. The van der Waals surface area contributed by atoms with Crippen molar-refractivity contribution in [2.45, 2.75) is 13.8 Å². The second-order valence-electron chi connectivity index (χ2n) is 4.72. The summed E-state index contributed by atoms with van der Waals surface area (Å²) in [5.41, 5.74) is 0.533. The van der Waals surface area contributed by atoms with E-state index in [0.29, 0.717) is 42.6 Å². The van der Waals surface area contributed by atoms with Gasteiger partial charge in [-0.2, -0.15) is 0 Å². The van der Waals surface area contributed by atoms with Crippen LogP contribution in [0.4, 0.5) is 4.39 Å². The summed E-state index contributed by atoms with van der Waals surface area (Å²) in [4.78, 5) is 14.4. The minimum absolute atomic E-state index is 0.0894. The summed E-state index contributed by atoms with van der Waals surface area (Å²) in [6, 6.07) is 9.97. The lowest BCUT2D eigenvalue weighted by Gasteiger charge is -2.21. The Morgan fingerprint density at radius 2 is 1.86 bits per heavy atom. The Labute approximate surface area is 124 Å². The average molecular weight is 289 g/mol. The average Bonchev–Trinajstić information content (AvgIpc) is 2.52. The van der Waals surface area contributed by atoms with Crippen molar-refractivity contribution in [1.82, 2.24) is 4.90 Å². The molecule has 0 unspecified atom stereocenters. The Morgan fingerprint density at radius 3 is 2.52 bits per heavy atom. The number of nitrogens with zero attached hydrogens (tertiary/aromatic N) is 1. The van der Waals surface area contributed by atoms with Crippen molar-refractivity contribution in [3.63, 3.8) is 0 Å². The molecule has 0 radical (unpaired) electrons. The van der Waals surface area contributed by atoms with E-state index in [1.54, 1.807) is 29.2 Å². The molecule has 0 heterocycles. The van der Waals surface area contributed by atoms with Crippen LogP contribution in [0.5, 0.6) is 0 Å². The van der Waals surface area contributed by atoms with Gasteiger partial charge in [-0.25, -0.2) is 4.39 Å². The summed E-state index contributed by atoms with van der Waals surface area (Å²) in [5.74, 6) is -0.395. The fraction of sp³-hybridized carbons (Fsp3) is 0.353. The van der Waals surface area contributed by atoms with E-state index in [2.05, 4.69) is 0 Å². The van der Waals surface area contributed by atoms with Gasteiger partial charge in [0.2, 0.25) is 0 Å². The number of carbonyl (C=O) groups is 1. The summed E-state index contributed by atoms with van der Waals surface area (Å²) in [5, 5.41) is 1.13. The number of hydrogen-bond donors (Lipinski definition) is 0. The van der Waals surface area contributed by atoms with Crippen LogP contribution in [0.3, 0.4) is 0 Å². The Balaban J connectivity index is 2.32. The number of carbonyl (C=O) groups excluding carboxylic acids is 1. The lowest BCUT2D eigenvalue weighted by atomic mass is 10.0. The van der Waals surface area contributed by atoms with Crippen LogP contribution in [0.25, 0.3) is 10.8 Å². The first-order chi connectivity index (χ1) is 10.2. The molecule has 4 heteroatoms. The molecule has 0 spiro atoms. The van der Waals surface area contributed by atoms with E-state index in [1.165, 1.54) is 6.07 Å². The van der Waals surface area contributed by atoms with Crippen LogP contribution in [0, 0.1) is 5.82 Å². The molecule has 0 N–H and O–H groups in total. The molecule has 0 aliphatic carbocycles. The van der Waals surface area contributed by atoms with Crippen LogP contribution in [0.2, 0.25) is 0 Å². The normalized spacial score (nSPS) is 10.8. The molecule has 2 rings (SSSR count). The molecule has 0 bridgehead atoms. The molecule has 0 fully saturated rings. The number of fused-ring (bicyclic) bond motifs is 1. The fourth-order valence-corrected chi connectivity index (χ4v) is 2.34. The standard InChI is InChI=1S/C17H20FNO2/c1-3-19(11-12-21-4-2)17(20)15-9-10-16(18)14-8-6-5-7-13(14)15/h5-10H,3-4,11-12H2,1-2H3. The van der Waals surface area contributed by atoms with Gasteiger partial charge >= 0.3 is 0 Å². The van der Waals surface area contributed by atoms with Crippen molar-refractivity contribution in [3.8, 4) is 0 Å². The molecule has 0 atom stereocenters. The summed E-state index contributed by atoms with van der Waals surface area (Å²) < 4.78 is 19.1. The number of hydrogen-bond acceptors (Lipinski definition) is 2. The molecular formula is C17H20FNO2. The molecule has 0 aliphatic heterocycles. The van der Waals surface area contributed by atoms with Crippen LogP contribution in [0.15, 0.2) is 36.4 Å². The predicted molar refractivity (Wildman–Crippen MR) is 82.0 cm³/mol. The Kier molecular flexibility index (Phi) is 5.28. The molecular weight excluding hydrogens is 269 g/mol. The van der Waals surface area contributed by atoms with Crippen molar-refractivity contribution in [3.05, 3.63) is 47.8 Å². The maximum atomic E-state index is 13.8. The fourth-order valence-electron chi connectivity index (χ4n) is 2.34. The highest BCUT2D eigenvalue weighted by molar-refractivity contribution is 6.07. The molecule has 0 aromatic heterocycles. The first-order valence-corrected chi connectivity index (χ1v) is 7.23. The summed E-state index contributed by atoms with van der Waals surface area (Å²) in [6.07, 6.45) is 0. The highest BCUT2D eigenvalue weighted by Crippen LogP contribution is 2.23. The van der Waals surface area contributed by atoms with Crippen LogP contribution in [0.1, 0.15) is 24.2 Å². The quantitative estimate of drug-likeness (QED) is 0.762.